The van der Waals surface area contributed by atoms with Crippen molar-refractivity contribution in [1.82, 2.24) is 44.2 Å². The van der Waals surface area contributed by atoms with Crippen molar-refractivity contribution in [2.75, 3.05) is 11.9 Å². The van der Waals surface area contributed by atoms with Gasteiger partial charge in [-0.1, -0.05) is 11.6 Å². The minimum absolute atomic E-state index is 0.0747. The summed E-state index contributed by atoms with van der Waals surface area (Å²) in [4.78, 5) is 34.2. The number of amides is 1. The molecule has 1 aliphatic rings. The standard InChI is InChI=1S/C20H16ClF3N10O/c1-32-14(3-5-27-32)30-19-26-8-12(21)15(31-19)13-10-33-6-7-34(17(35)16(33)29-13)9-11-2-4-25-18(28-11)20(22,23)24/h2-5,8,10H,6-7,9H2,1H3,(H,26,30,31). The lowest BCUT2D eigenvalue weighted by atomic mass is 10.3. The number of aryl methyl sites for hydroxylation is 1. The van der Waals surface area contributed by atoms with Crippen LogP contribution in [0.4, 0.5) is 24.9 Å². The number of imidazole rings is 1. The van der Waals surface area contributed by atoms with Gasteiger partial charge >= 0.3 is 6.18 Å². The summed E-state index contributed by atoms with van der Waals surface area (Å²) in [6.45, 7) is 0.533. The number of hydrogen-bond donors (Lipinski definition) is 1. The first-order valence-corrected chi connectivity index (χ1v) is 10.6. The van der Waals surface area contributed by atoms with Gasteiger partial charge in [0.2, 0.25) is 11.8 Å². The van der Waals surface area contributed by atoms with Gasteiger partial charge in [-0.15, -0.1) is 0 Å². The average molecular weight is 505 g/mol. The fourth-order valence-electron chi connectivity index (χ4n) is 3.53. The highest BCUT2D eigenvalue weighted by Crippen LogP contribution is 2.29. The summed E-state index contributed by atoms with van der Waals surface area (Å²) in [5.74, 6) is -0.666. The number of carbonyl (C=O) groups is 1. The third-order valence-electron chi connectivity index (χ3n) is 5.23. The molecule has 0 radical (unpaired) electrons. The molecule has 1 aliphatic heterocycles. The highest BCUT2D eigenvalue weighted by atomic mass is 35.5. The molecule has 5 rings (SSSR count). The molecule has 1 amide bonds. The summed E-state index contributed by atoms with van der Waals surface area (Å²) in [5, 5.41) is 7.33. The van der Waals surface area contributed by atoms with Crippen molar-refractivity contribution in [2.45, 2.75) is 19.3 Å². The van der Waals surface area contributed by atoms with Gasteiger partial charge in [-0.05, 0) is 6.07 Å². The van der Waals surface area contributed by atoms with E-state index >= 15 is 0 Å². The third-order valence-corrected chi connectivity index (χ3v) is 5.51. The first-order valence-electron chi connectivity index (χ1n) is 10.2. The van der Waals surface area contributed by atoms with Crippen LogP contribution < -0.4 is 5.32 Å². The Labute approximate surface area is 200 Å². The molecule has 0 aliphatic carbocycles. The molecule has 0 saturated carbocycles. The van der Waals surface area contributed by atoms with Crippen LogP contribution in [0.5, 0.6) is 0 Å². The molecule has 0 unspecified atom stereocenters. The molecule has 0 aromatic carbocycles. The van der Waals surface area contributed by atoms with Gasteiger partial charge in [-0.3, -0.25) is 9.48 Å². The number of aromatic nitrogens is 8. The Bertz CT molecular complexity index is 1420. The van der Waals surface area contributed by atoms with Gasteiger partial charge < -0.3 is 14.8 Å². The first kappa shape index (κ1) is 22.7. The number of anilines is 2. The van der Waals surface area contributed by atoms with Crippen molar-refractivity contribution in [3.8, 4) is 11.4 Å². The highest BCUT2D eigenvalue weighted by molar-refractivity contribution is 6.32. The van der Waals surface area contributed by atoms with Crippen LogP contribution in [0.1, 0.15) is 22.1 Å². The van der Waals surface area contributed by atoms with Gasteiger partial charge in [-0.2, -0.15) is 18.3 Å². The van der Waals surface area contributed by atoms with E-state index in [1.165, 1.54) is 17.2 Å². The number of alkyl halides is 3. The zero-order valence-corrected chi connectivity index (χ0v) is 18.8. The zero-order chi connectivity index (χ0) is 24.7. The summed E-state index contributed by atoms with van der Waals surface area (Å²) in [7, 11) is 1.76. The monoisotopic (exact) mass is 504 g/mol. The maximum atomic E-state index is 13.0. The van der Waals surface area contributed by atoms with E-state index in [1.54, 1.807) is 34.8 Å². The molecule has 0 fully saturated rings. The lowest BCUT2D eigenvalue weighted by molar-refractivity contribution is -0.145. The van der Waals surface area contributed by atoms with Crippen molar-refractivity contribution < 1.29 is 18.0 Å². The lowest BCUT2D eigenvalue weighted by Gasteiger charge is -2.27. The average Bonchev–Trinajstić information content (AvgIpc) is 3.43. The molecular weight excluding hydrogens is 489 g/mol. The summed E-state index contributed by atoms with van der Waals surface area (Å²) in [6, 6.07) is 3.09. The summed E-state index contributed by atoms with van der Waals surface area (Å²) in [6.07, 6.45) is 1.04. The predicted octanol–water partition coefficient (Wildman–Crippen LogP) is 2.94. The second kappa shape index (κ2) is 8.61. The van der Waals surface area contributed by atoms with Gasteiger partial charge in [0, 0.05) is 38.6 Å². The van der Waals surface area contributed by atoms with Gasteiger partial charge in [0.05, 0.1) is 29.7 Å². The van der Waals surface area contributed by atoms with Crippen LogP contribution in [0.25, 0.3) is 11.4 Å². The minimum Gasteiger partial charge on any atom is -0.328 e. The van der Waals surface area contributed by atoms with Crippen molar-refractivity contribution in [3.05, 3.63) is 59.3 Å². The number of nitrogens with one attached hydrogen (secondary N) is 1. The zero-order valence-electron chi connectivity index (χ0n) is 18.0. The van der Waals surface area contributed by atoms with E-state index in [0.717, 1.165) is 6.20 Å². The molecule has 4 aromatic rings. The van der Waals surface area contributed by atoms with E-state index in [9.17, 15) is 18.0 Å². The normalized spacial score (nSPS) is 13.7. The van der Waals surface area contributed by atoms with Crippen LogP contribution in [0, 0.1) is 0 Å². The molecule has 180 valence electrons. The summed E-state index contributed by atoms with van der Waals surface area (Å²) >= 11 is 6.31. The fourth-order valence-corrected chi connectivity index (χ4v) is 3.72. The molecule has 35 heavy (non-hydrogen) atoms. The smallest absolute Gasteiger partial charge is 0.328 e. The van der Waals surface area contributed by atoms with Gasteiger partial charge in [0.25, 0.3) is 5.91 Å². The molecule has 15 heteroatoms. The van der Waals surface area contributed by atoms with Crippen LogP contribution in [-0.2, 0) is 26.3 Å². The Hall–Kier alpha value is -4.07. The number of nitrogens with zero attached hydrogens (tertiary/aromatic N) is 9. The Morgan fingerprint density at radius 1 is 1.11 bits per heavy atom. The third kappa shape index (κ3) is 4.51. The summed E-state index contributed by atoms with van der Waals surface area (Å²) in [5.41, 5.74) is 0.751. The topological polar surface area (TPSA) is 120 Å². The Kier molecular flexibility index (Phi) is 5.59. The largest absolute Gasteiger partial charge is 0.451 e. The van der Waals surface area contributed by atoms with Crippen LogP contribution >= 0.6 is 11.6 Å². The van der Waals surface area contributed by atoms with Crippen LogP contribution in [-0.4, -0.2) is 56.6 Å². The van der Waals surface area contributed by atoms with Crippen molar-refractivity contribution in [2.24, 2.45) is 7.05 Å². The SMILES string of the molecule is Cn1nccc1Nc1ncc(Cl)c(-c2cn3c(n2)C(=O)N(Cc2ccnc(C(F)(F)F)n2)CC3)n1. The quantitative estimate of drug-likeness (QED) is 0.440. The van der Waals surface area contributed by atoms with Crippen molar-refractivity contribution in [1.29, 1.82) is 0 Å². The minimum atomic E-state index is -4.67. The fraction of sp³-hybridized carbons (Fsp3) is 0.250. The maximum absolute atomic E-state index is 13.0. The van der Waals surface area contributed by atoms with E-state index in [1.807, 2.05) is 0 Å². The van der Waals surface area contributed by atoms with Gasteiger partial charge in [0.15, 0.2) is 5.82 Å². The Balaban J connectivity index is 1.39. The van der Waals surface area contributed by atoms with Crippen molar-refractivity contribution in [3.63, 3.8) is 0 Å². The number of hydrogen-bond acceptors (Lipinski definition) is 8. The van der Waals surface area contributed by atoms with Crippen LogP contribution in [0.2, 0.25) is 5.02 Å². The molecule has 1 N–H and O–H groups in total. The van der Waals surface area contributed by atoms with E-state index in [2.05, 4.69) is 35.3 Å². The molecule has 0 bridgehead atoms. The molecular formula is C20H16ClF3N10O. The molecule has 4 aromatic heterocycles. The second-order valence-electron chi connectivity index (χ2n) is 7.59. The van der Waals surface area contributed by atoms with Crippen LogP contribution in [0.3, 0.4) is 0 Å². The summed E-state index contributed by atoms with van der Waals surface area (Å²) < 4.78 is 42.0. The second-order valence-corrected chi connectivity index (χ2v) is 8.00. The Morgan fingerprint density at radius 2 is 1.94 bits per heavy atom. The van der Waals surface area contributed by atoms with Crippen LogP contribution in [0.15, 0.2) is 36.9 Å². The van der Waals surface area contributed by atoms with Gasteiger partial charge in [0.1, 0.15) is 17.2 Å². The number of rotatable bonds is 5. The highest BCUT2D eigenvalue weighted by Gasteiger charge is 2.35. The van der Waals surface area contributed by atoms with E-state index in [4.69, 9.17) is 11.6 Å². The Morgan fingerprint density at radius 3 is 2.69 bits per heavy atom. The molecule has 0 spiro atoms. The van der Waals surface area contributed by atoms with Crippen molar-refractivity contribution >= 4 is 29.3 Å². The van der Waals surface area contributed by atoms with E-state index < -0.39 is 17.9 Å². The van der Waals surface area contributed by atoms with Gasteiger partial charge in [-0.25, -0.2) is 24.9 Å². The number of halogens is 4. The maximum Gasteiger partial charge on any atom is 0.451 e. The number of fused-ring (bicyclic) bond motifs is 1. The lowest BCUT2D eigenvalue weighted by Crippen LogP contribution is -2.40. The molecule has 11 nitrogen and oxygen atoms in total. The van der Waals surface area contributed by atoms with E-state index in [-0.39, 0.29) is 35.6 Å². The number of carbonyl (C=O) groups excluding carboxylic acids is 1. The molecule has 0 saturated heterocycles. The predicted molar refractivity (Wildman–Crippen MR) is 117 cm³/mol. The molecule has 0 atom stereocenters. The molecule has 5 heterocycles. The first-order chi connectivity index (χ1) is 16.7. The van der Waals surface area contributed by atoms with E-state index in [0.29, 0.717) is 23.8 Å².